The summed E-state index contributed by atoms with van der Waals surface area (Å²) < 4.78 is 2.10. The van der Waals surface area contributed by atoms with Crippen molar-refractivity contribution in [1.82, 2.24) is 4.57 Å². The van der Waals surface area contributed by atoms with E-state index in [-0.39, 0.29) is 0 Å². The number of allylic oxidation sites excluding steroid dienone is 1. The number of aromatic nitrogens is 1. The first-order valence-corrected chi connectivity index (χ1v) is 3.40. The normalized spacial score (nSPS) is 9.90. The first kappa shape index (κ1) is 7.13. The van der Waals surface area contributed by atoms with Crippen LogP contribution in [-0.2, 0) is 7.05 Å². The summed E-state index contributed by atoms with van der Waals surface area (Å²) in [7, 11) is 2.04. The molecule has 0 saturated heterocycles. The van der Waals surface area contributed by atoms with Gasteiger partial charge in [-0.25, -0.2) is 0 Å². The van der Waals surface area contributed by atoms with E-state index in [4.69, 9.17) is 0 Å². The second-order valence-corrected chi connectivity index (χ2v) is 2.71. The van der Waals surface area contributed by atoms with Crippen molar-refractivity contribution in [1.29, 1.82) is 0 Å². The molecular formula is C9H13N. The van der Waals surface area contributed by atoms with Crippen LogP contribution >= 0.6 is 0 Å². The number of nitrogens with zero attached hydrogens (tertiary/aromatic N) is 1. The maximum Gasteiger partial charge on any atom is 0.0215 e. The number of aryl methyl sites for hydroxylation is 1. The lowest BCUT2D eigenvalue weighted by atomic mass is 10.1. The fourth-order valence-corrected chi connectivity index (χ4v) is 1.06. The molecule has 0 atom stereocenters. The Morgan fingerprint density at radius 1 is 1.60 bits per heavy atom. The summed E-state index contributed by atoms with van der Waals surface area (Å²) in [4.78, 5) is 0. The first-order valence-electron chi connectivity index (χ1n) is 3.40. The van der Waals surface area contributed by atoms with Crippen LogP contribution in [0.2, 0.25) is 0 Å². The van der Waals surface area contributed by atoms with Gasteiger partial charge in [-0.2, -0.15) is 0 Å². The van der Waals surface area contributed by atoms with Crippen molar-refractivity contribution in [2.75, 3.05) is 0 Å². The molecule has 1 aromatic heterocycles. The van der Waals surface area contributed by atoms with Gasteiger partial charge in [-0.1, -0.05) is 6.58 Å². The molecule has 0 aliphatic heterocycles. The van der Waals surface area contributed by atoms with E-state index in [0.717, 1.165) is 5.57 Å². The summed E-state index contributed by atoms with van der Waals surface area (Å²) in [5, 5.41) is 0. The Morgan fingerprint density at radius 2 is 2.20 bits per heavy atom. The summed E-state index contributed by atoms with van der Waals surface area (Å²) in [6, 6.07) is 2.09. The Hall–Kier alpha value is -0.980. The predicted octanol–water partition coefficient (Wildman–Crippen LogP) is 2.37. The van der Waals surface area contributed by atoms with E-state index < -0.39 is 0 Å². The van der Waals surface area contributed by atoms with Crippen LogP contribution in [-0.4, -0.2) is 4.57 Å². The van der Waals surface area contributed by atoms with E-state index >= 15 is 0 Å². The number of hydrogen-bond acceptors (Lipinski definition) is 0. The Morgan fingerprint density at radius 3 is 2.40 bits per heavy atom. The molecule has 1 aromatic rings. The standard InChI is InChI=1S/C9H13N/c1-7(2)9-5-6-10(4)8(9)3/h5-6H,1H2,2-4H3. The Labute approximate surface area is 62.0 Å². The predicted molar refractivity (Wildman–Crippen MR) is 44.9 cm³/mol. The van der Waals surface area contributed by atoms with Gasteiger partial charge in [0.15, 0.2) is 0 Å². The van der Waals surface area contributed by atoms with Crippen LogP contribution in [0.25, 0.3) is 5.57 Å². The fraction of sp³-hybridized carbons (Fsp3) is 0.333. The SMILES string of the molecule is C=C(C)c1ccn(C)c1C. The molecule has 10 heavy (non-hydrogen) atoms. The lowest BCUT2D eigenvalue weighted by Gasteiger charge is -1.99. The Balaban J connectivity index is 3.17. The van der Waals surface area contributed by atoms with Crippen molar-refractivity contribution < 1.29 is 0 Å². The van der Waals surface area contributed by atoms with Crippen LogP contribution in [0.1, 0.15) is 18.2 Å². The van der Waals surface area contributed by atoms with E-state index in [1.807, 2.05) is 14.0 Å². The van der Waals surface area contributed by atoms with Gasteiger partial charge < -0.3 is 4.57 Å². The molecule has 54 valence electrons. The highest BCUT2D eigenvalue weighted by Gasteiger charge is 2.00. The summed E-state index contributed by atoms with van der Waals surface area (Å²) in [5.41, 5.74) is 3.69. The van der Waals surface area contributed by atoms with Gasteiger partial charge in [0.05, 0.1) is 0 Å². The highest BCUT2D eigenvalue weighted by Crippen LogP contribution is 2.16. The van der Waals surface area contributed by atoms with Gasteiger partial charge in [0, 0.05) is 18.9 Å². The molecule has 0 bridgehead atoms. The van der Waals surface area contributed by atoms with Crippen LogP contribution in [0.4, 0.5) is 0 Å². The molecule has 0 aromatic carbocycles. The molecule has 1 heteroatoms. The largest absolute Gasteiger partial charge is 0.354 e. The van der Waals surface area contributed by atoms with E-state index in [2.05, 4.69) is 30.3 Å². The van der Waals surface area contributed by atoms with Gasteiger partial charge in [-0.15, -0.1) is 0 Å². The summed E-state index contributed by atoms with van der Waals surface area (Å²) in [6.45, 7) is 8.02. The molecular weight excluding hydrogens is 122 g/mol. The van der Waals surface area contributed by atoms with E-state index in [1.54, 1.807) is 0 Å². The summed E-state index contributed by atoms with van der Waals surface area (Å²) in [5.74, 6) is 0. The van der Waals surface area contributed by atoms with Crippen LogP contribution < -0.4 is 0 Å². The molecule has 0 spiro atoms. The molecule has 0 N–H and O–H groups in total. The first-order chi connectivity index (χ1) is 4.63. The van der Waals surface area contributed by atoms with E-state index in [9.17, 15) is 0 Å². The smallest absolute Gasteiger partial charge is 0.0215 e. The fourth-order valence-electron chi connectivity index (χ4n) is 1.06. The third kappa shape index (κ3) is 0.991. The zero-order valence-corrected chi connectivity index (χ0v) is 6.81. The minimum absolute atomic E-state index is 1.14. The maximum atomic E-state index is 3.89. The molecule has 1 heterocycles. The number of hydrogen-bond donors (Lipinski definition) is 0. The van der Waals surface area contributed by atoms with Crippen LogP contribution in [0, 0.1) is 6.92 Å². The third-order valence-corrected chi connectivity index (χ3v) is 1.84. The molecule has 0 unspecified atom stereocenters. The van der Waals surface area contributed by atoms with E-state index in [1.165, 1.54) is 11.3 Å². The molecule has 1 rings (SSSR count). The second-order valence-electron chi connectivity index (χ2n) is 2.71. The zero-order valence-electron chi connectivity index (χ0n) is 6.81. The van der Waals surface area contributed by atoms with Gasteiger partial charge in [0.25, 0.3) is 0 Å². The van der Waals surface area contributed by atoms with Crippen molar-refractivity contribution in [2.24, 2.45) is 7.05 Å². The number of rotatable bonds is 1. The van der Waals surface area contributed by atoms with Crippen molar-refractivity contribution in [3.63, 3.8) is 0 Å². The summed E-state index contributed by atoms with van der Waals surface area (Å²) in [6.07, 6.45) is 2.05. The van der Waals surface area contributed by atoms with Crippen molar-refractivity contribution >= 4 is 5.57 Å². The van der Waals surface area contributed by atoms with E-state index in [0.29, 0.717) is 0 Å². The average Bonchev–Trinajstić information content (AvgIpc) is 2.14. The van der Waals surface area contributed by atoms with Gasteiger partial charge in [-0.3, -0.25) is 0 Å². The molecule has 0 fully saturated rings. The zero-order chi connectivity index (χ0) is 7.72. The third-order valence-electron chi connectivity index (χ3n) is 1.84. The van der Waals surface area contributed by atoms with Crippen molar-refractivity contribution in [2.45, 2.75) is 13.8 Å². The molecule has 0 aliphatic rings. The monoisotopic (exact) mass is 135 g/mol. The molecule has 0 saturated carbocycles. The van der Waals surface area contributed by atoms with Crippen LogP contribution in [0.3, 0.4) is 0 Å². The maximum absolute atomic E-state index is 3.89. The van der Waals surface area contributed by atoms with Gasteiger partial charge in [0.2, 0.25) is 0 Å². The Bertz CT molecular complexity index is 256. The Kier molecular flexibility index (Phi) is 1.66. The topological polar surface area (TPSA) is 4.93 Å². The van der Waals surface area contributed by atoms with Crippen LogP contribution in [0.5, 0.6) is 0 Å². The highest BCUT2D eigenvalue weighted by molar-refractivity contribution is 5.63. The minimum atomic E-state index is 1.14. The summed E-state index contributed by atoms with van der Waals surface area (Å²) >= 11 is 0. The van der Waals surface area contributed by atoms with Gasteiger partial charge in [0.1, 0.15) is 0 Å². The average molecular weight is 135 g/mol. The van der Waals surface area contributed by atoms with Crippen molar-refractivity contribution in [3.05, 3.63) is 30.1 Å². The quantitative estimate of drug-likeness (QED) is 0.557. The molecule has 0 amide bonds. The van der Waals surface area contributed by atoms with Crippen LogP contribution in [0.15, 0.2) is 18.8 Å². The highest BCUT2D eigenvalue weighted by atomic mass is 14.9. The lowest BCUT2D eigenvalue weighted by Crippen LogP contribution is -1.89. The lowest BCUT2D eigenvalue weighted by molar-refractivity contribution is 0.880. The van der Waals surface area contributed by atoms with Gasteiger partial charge in [-0.05, 0) is 31.1 Å². The van der Waals surface area contributed by atoms with Crippen molar-refractivity contribution in [3.8, 4) is 0 Å². The minimum Gasteiger partial charge on any atom is -0.354 e. The molecule has 0 radical (unpaired) electrons. The molecule has 0 aliphatic carbocycles. The van der Waals surface area contributed by atoms with Gasteiger partial charge >= 0.3 is 0 Å². The molecule has 1 nitrogen and oxygen atoms in total. The second kappa shape index (κ2) is 2.33.